The van der Waals surface area contributed by atoms with Crippen LogP contribution in [0.5, 0.6) is 0 Å². The molecular weight excluding hydrogens is 1270 g/mol. The summed E-state index contributed by atoms with van der Waals surface area (Å²) >= 11 is 4.59. The predicted molar refractivity (Wildman–Crippen MR) is 287 cm³/mol. The van der Waals surface area contributed by atoms with Crippen molar-refractivity contribution >= 4 is 100 Å². The van der Waals surface area contributed by atoms with Gasteiger partial charge in [0.05, 0.1) is 37.8 Å². The monoisotopic (exact) mass is 1330 g/mol. The van der Waals surface area contributed by atoms with E-state index < -0.39 is 11.9 Å². The summed E-state index contributed by atoms with van der Waals surface area (Å²) in [6.07, 6.45) is 9.16. The van der Waals surface area contributed by atoms with Gasteiger partial charge in [-0.2, -0.15) is 0 Å². The standard InChI is InChI=1S/C25H24O5.C11H19N2P.C9H8O3.C6H4I2.2C2H4O2.Pd/c1-10-19-17-8-13(20(19)23(26)29-10)6-15(17)11-2-4-12(5-3-11)16-7-14-9-18(16)22-21(14)24(27)30-25(22)28;1-10-8-6-7-9-11(10)14(12(2)3)13(4)5;10-8-6-4-1-2-5(3-4)7(6)9(11)12-8;7-5-1-2-6(8)4-3-5;2*1-2(3)4;/h2-5,13-22H,1,6-9H2;6-9H,1-5H3;1-2,4-7H,3H2;1-4H;2*1H3,(H,3,4);. The van der Waals surface area contributed by atoms with Crippen LogP contribution in [0, 0.1) is 85.1 Å². The van der Waals surface area contributed by atoms with Crippen molar-refractivity contribution in [1.82, 2.24) is 9.34 Å². The molecule has 0 spiro atoms. The van der Waals surface area contributed by atoms with Gasteiger partial charge < -0.3 is 24.4 Å². The summed E-state index contributed by atoms with van der Waals surface area (Å²) in [6.45, 7) is 8.36. The van der Waals surface area contributed by atoms with Gasteiger partial charge in [-0.05, 0) is 201 Å². The van der Waals surface area contributed by atoms with E-state index in [2.05, 4.69) is 174 Å². The molecule has 3 heterocycles. The maximum Gasteiger partial charge on any atom is 0.318 e. The van der Waals surface area contributed by atoms with Crippen LogP contribution < -0.4 is 5.30 Å². The van der Waals surface area contributed by atoms with Gasteiger partial charge >= 0.3 is 29.8 Å². The van der Waals surface area contributed by atoms with Gasteiger partial charge in [-0.15, -0.1) is 0 Å². The minimum atomic E-state index is -0.833. The molecule has 14 atom stereocenters. The Morgan fingerprint density at radius 1 is 0.562 bits per heavy atom. The van der Waals surface area contributed by atoms with Crippen LogP contribution in [0.3, 0.4) is 0 Å². The Labute approximate surface area is 469 Å². The largest absolute Gasteiger partial charge is 0.481 e. The summed E-state index contributed by atoms with van der Waals surface area (Å²) in [5.41, 5.74) is 4.00. The van der Waals surface area contributed by atoms with E-state index in [0.29, 0.717) is 29.4 Å². The second-order valence-electron chi connectivity index (χ2n) is 20.4. The van der Waals surface area contributed by atoms with Crippen LogP contribution in [-0.2, 0) is 68.2 Å². The first-order chi connectivity index (χ1) is 34.1. The Bertz CT molecular complexity index is 2450. The van der Waals surface area contributed by atoms with E-state index in [1.54, 1.807) is 0 Å². The first-order valence-electron chi connectivity index (χ1n) is 24.3. The molecule has 73 heavy (non-hydrogen) atoms. The number of rotatable bonds is 5. The number of carbonyl (C=O) groups excluding carboxylic acids is 5. The third-order valence-electron chi connectivity index (χ3n) is 15.5. The van der Waals surface area contributed by atoms with Crippen molar-refractivity contribution in [3.63, 3.8) is 0 Å². The maximum absolute atomic E-state index is 12.2. The zero-order valence-electron chi connectivity index (χ0n) is 41.8. The fourth-order valence-electron chi connectivity index (χ4n) is 13.1. The number of halogens is 2. The number of aryl methyl sites for hydroxylation is 1. The first-order valence-corrected chi connectivity index (χ1v) is 27.7. The van der Waals surface area contributed by atoms with Crippen LogP contribution in [0.15, 0.2) is 97.3 Å². The molecule has 0 amide bonds. The van der Waals surface area contributed by atoms with E-state index in [1.807, 2.05) is 12.2 Å². The van der Waals surface area contributed by atoms with Crippen molar-refractivity contribution in [2.24, 2.45) is 71.0 Å². The molecule has 18 heteroatoms. The second kappa shape index (κ2) is 25.0. The molecule has 14 nitrogen and oxygen atoms in total. The summed E-state index contributed by atoms with van der Waals surface area (Å²) in [5, 5.41) is 16.3. The molecule has 5 saturated carbocycles. The summed E-state index contributed by atoms with van der Waals surface area (Å²) in [4.78, 5) is 76.7. The molecule has 9 aliphatic rings. The average molecular weight is 1340 g/mol. The molecule has 14 unspecified atom stereocenters. The molecule has 2 N–H and O–H groups in total. The second-order valence-corrected chi connectivity index (χ2v) is 25.5. The van der Waals surface area contributed by atoms with Gasteiger partial charge in [0.25, 0.3) is 11.9 Å². The molecule has 12 rings (SSSR count). The number of fused-ring (bicyclic) bond motifs is 15. The zero-order valence-corrected chi connectivity index (χ0v) is 48.6. The number of nitrogens with zero attached hydrogens (tertiary/aromatic N) is 2. The molecule has 0 radical (unpaired) electrons. The Hall–Kier alpha value is -3.70. The van der Waals surface area contributed by atoms with Crippen molar-refractivity contribution in [3.05, 3.63) is 121 Å². The number of esters is 5. The number of hydrogen-bond acceptors (Lipinski definition) is 12. The smallest absolute Gasteiger partial charge is 0.318 e. The summed E-state index contributed by atoms with van der Waals surface area (Å²) in [7, 11) is 8.22. The fourth-order valence-corrected chi connectivity index (χ4v) is 16.0. The van der Waals surface area contributed by atoms with Crippen molar-refractivity contribution in [1.29, 1.82) is 0 Å². The van der Waals surface area contributed by atoms with E-state index in [4.69, 9.17) is 29.3 Å². The SMILES string of the molecule is C=C1OC(=O)C2C3CC(c4ccc(C5CC6CC5C5C(=O)OC(=O)C65)cc4)C(C3)C12.CC(=O)O.CC(=O)O.Cc1ccccc1P(N(C)C)N(C)C.Ic1ccc(I)cc1.O=C1OC(=O)C2C3C=CC(C3)C12.[Pd]. The third-order valence-corrected chi connectivity index (χ3v) is 19.4. The van der Waals surface area contributed by atoms with Crippen LogP contribution in [0.2, 0.25) is 0 Å². The van der Waals surface area contributed by atoms with Gasteiger partial charge in [-0.25, -0.2) is 0 Å². The average Bonchev–Trinajstić information content (AvgIpc) is 4.19. The van der Waals surface area contributed by atoms with Crippen molar-refractivity contribution < 1.29 is 78.4 Å². The molecule has 3 aromatic carbocycles. The summed E-state index contributed by atoms with van der Waals surface area (Å²) in [5.74, 6) is 0.00644. The van der Waals surface area contributed by atoms with Gasteiger partial charge in [-0.1, -0.05) is 67.3 Å². The number of benzene rings is 3. The quantitative estimate of drug-likeness (QED) is 0.0467. The topological polar surface area (TPSA) is 194 Å². The molecule has 3 saturated heterocycles. The Balaban J connectivity index is 0.000000169. The summed E-state index contributed by atoms with van der Waals surface area (Å²) in [6, 6.07) is 26.0. The fraction of sp³-hybridized carbons (Fsp3) is 0.473. The van der Waals surface area contributed by atoms with Gasteiger partial charge in [0.1, 0.15) is 5.76 Å². The van der Waals surface area contributed by atoms with Crippen LogP contribution in [-0.4, -0.2) is 89.5 Å². The number of carboxylic acid groups (broad SMARTS) is 2. The molecule has 394 valence electrons. The van der Waals surface area contributed by atoms with E-state index >= 15 is 0 Å². The van der Waals surface area contributed by atoms with Crippen molar-refractivity contribution in [3.8, 4) is 0 Å². The van der Waals surface area contributed by atoms with E-state index in [9.17, 15) is 24.0 Å². The van der Waals surface area contributed by atoms with E-state index in [0.717, 1.165) is 46.0 Å². The minimum absolute atomic E-state index is 0. The molecule has 6 bridgehead atoms. The van der Waals surface area contributed by atoms with E-state index in [1.165, 1.54) is 29.1 Å². The van der Waals surface area contributed by atoms with Crippen molar-refractivity contribution in [2.45, 2.75) is 64.7 Å². The number of cyclic esters (lactones) is 5. The van der Waals surface area contributed by atoms with Gasteiger partial charge in [0.2, 0.25) is 0 Å². The molecule has 3 aliphatic heterocycles. The number of hydrogen-bond donors (Lipinski definition) is 2. The number of carbonyl (C=O) groups is 7. The Kier molecular flexibility index (Phi) is 20.0. The van der Waals surface area contributed by atoms with Crippen LogP contribution in [0.1, 0.15) is 74.5 Å². The van der Waals surface area contributed by atoms with Crippen LogP contribution in [0.25, 0.3) is 0 Å². The van der Waals surface area contributed by atoms with E-state index in [-0.39, 0.29) is 118 Å². The Morgan fingerprint density at radius 2 is 0.932 bits per heavy atom. The van der Waals surface area contributed by atoms with Gasteiger partial charge in [0.15, 0.2) is 0 Å². The normalized spacial score (nSPS) is 31.5. The van der Waals surface area contributed by atoms with Crippen molar-refractivity contribution in [2.75, 3.05) is 28.2 Å². The van der Waals surface area contributed by atoms with Crippen LogP contribution in [0.4, 0.5) is 0 Å². The van der Waals surface area contributed by atoms with Crippen LogP contribution >= 0.6 is 53.4 Å². The molecule has 6 aliphatic carbocycles. The third kappa shape index (κ3) is 12.9. The van der Waals surface area contributed by atoms with Gasteiger partial charge in [-0.3, -0.25) is 42.9 Å². The zero-order chi connectivity index (χ0) is 52.5. The van der Waals surface area contributed by atoms with Gasteiger partial charge in [0, 0.05) is 52.6 Å². The molecule has 3 aromatic rings. The molecular formula is C55H63I2N2O12PPd. The number of ether oxygens (including phenoxy) is 3. The maximum atomic E-state index is 12.2. The predicted octanol–water partition coefficient (Wildman–Crippen LogP) is 9.19. The minimum Gasteiger partial charge on any atom is -0.481 e. The number of aliphatic carboxylic acids is 2. The first kappa shape index (κ1) is 58.6. The Morgan fingerprint density at radius 3 is 1.36 bits per heavy atom. The molecule has 8 fully saturated rings. The number of carboxylic acids is 2. The summed E-state index contributed by atoms with van der Waals surface area (Å²) < 4.78 is 22.1. The number of allylic oxidation sites excluding steroid dienone is 3. The molecule has 0 aromatic heterocycles.